The van der Waals surface area contributed by atoms with Crippen molar-refractivity contribution in [2.24, 2.45) is 0 Å². The van der Waals surface area contributed by atoms with E-state index < -0.39 is 17.2 Å². The van der Waals surface area contributed by atoms with Crippen LogP contribution in [0.1, 0.15) is 40.9 Å². The first kappa shape index (κ1) is 21.5. The highest BCUT2D eigenvalue weighted by Crippen LogP contribution is 2.33. The lowest BCUT2D eigenvalue weighted by Crippen LogP contribution is -2.30. The summed E-state index contributed by atoms with van der Waals surface area (Å²) in [6.45, 7) is 3.88. The second kappa shape index (κ2) is 9.56. The molecule has 0 aromatic heterocycles. The quantitative estimate of drug-likeness (QED) is 0.473. The van der Waals surface area contributed by atoms with Gasteiger partial charge in [0.1, 0.15) is 5.75 Å². The maximum Gasteiger partial charge on any atom is 0.266 e. The molecule has 3 rings (SSSR count). The Kier molecular flexibility index (Phi) is 6.87. The first-order valence-corrected chi connectivity index (χ1v) is 10.6. The summed E-state index contributed by atoms with van der Waals surface area (Å²) in [5.41, 5.74) is 2.73. The molecule has 156 valence electrons. The Morgan fingerprint density at radius 3 is 2.33 bits per heavy atom. The van der Waals surface area contributed by atoms with E-state index in [2.05, 4.69) is 5.32 Å². The smallest absolute Gasteiger partial charge is 0.266 e. The monoisotopic (exact) mass is 424 g/mol. The van der Waals surface area contributed by atoms with E-state index in [1.54, 1.807) is 12.1 Å². The lowest BCUT2D eigenvalue weighted by atomic mass is 10.0. The summed E-state index contributed by atoms with van der Waals surface area (Å²) in [6, 6.07) is 20.5. The topological polar surface area (TPSA) is 89.9 Å². The number of phenolic OH excluding ortho intramolecular Hbond substituents is 1. The maximum atomic E-state index is 13.1. The number of phenols is 1. The van der Waals surface area contributed by atoms with Crippen molar-refractivity contribution >= 4 is 28.5 Å². The van der Waals surface area contributed by atoms with Gasteiger partial charge >= 0.3 is 0 Å². The molecule has 3 aromatic rings. The molecule has 0 fully saturated rings. The molecule has 2 atom stereocenters. The van der Waals surface area contributed by atoms with Crippen molar-refractivity contribution in [1.82, 2.24) is 5.32 Å². The number of hydrogen-bond acceptors (Lipinski definition) is 3. The number of hydrogen-bond donors (Lipinski definition) is 3. The van der Waals surface area contributed by atoms with Crippen molar-refractivity contribution in [3.05, 3.63) is 89.5 Å². The van der Waals surface area contributed by atoms with Crippen molar-refractivity contribution in [1.29, 1.82) is 0 Å². The zero-order chi connectivity index (χ0) is 21.7. The molecule has 1 amide bonds. The van der Waals surface area contributed by atoms with Gasteiger partial charge < -0.3 is 10.4 Å². The summed E-state index contributed by atoms with van der Waals surface area (Å²) >= 11 is -2.42. The highest BCUT2D eigenvalue weighted by atomic mass is 32.2. The predicted molar refractivity (Wildman–Crippen MR) is 119 cm³/mol. The van der Waals surface area contributed by atoms with E-state index >= 15 is 0 Å². The predicted octanol–water partition coefficient (Wildman–Crippen LogP) is 4.86. The summed E-state index contributed by atoms with van der Waals surface area (Å²) in [5, 5.41) is 12.9. The van der Waals surface area contributed by atoms with Gasteiger partial charge in [-0.25, -0.2) is 8.51 Å². The second-order valence-corrected chi connectivity index (χ2v) is 7.73. The van der Waals surface area contributed by atoms with Crippen LogP contribution in [0.3, 0.4) is 0 Å². The third-order valence-corrected chi connectivity index (χ3v) is 5.50. The number of aryl methyl sites for hydroxylation is 1. The molecule has 3 N–H and O–H groups in total. The summed E-state index contributed by atoms with van der Waals surface area (Å²) < 4.78 is 23.3. The standard InChI is InChI=1S/C23H24N2O4S/c1-3-21(17-7-5-4-6-8-17)24-23(27)20-15-19(26)13-14-22(20)25(30(28)29)18-11-9-16(2)10-12-18/h4-15,21,26H,3H2,1-2H3,(H,24,27)(H,28,29). The van der Waals surface area contributed by atoms with Gasteiger partial charge in [0.25, 0.3) is 17.2 Å². The van der Waals surface area contributed by atoms with E-state index in [1.165, 1.54) is 18.2 Å². The summed E-state index contributed by atoms with van der Waals surface area (Å²) in [7, 11) is 0. The number of anilines is 2. The Morgan fingerprint density at radius 1 is 1.07 bits per heavy atom. The van der Waals surface area contributed by atoms with E-state index in [9.17, 15) is 18.7 Å². The first-order valence-electron chi connectivity index (χ1n) is 9.57. The fourth-order valence-electron chi connectivity index (χ4n) is 3.22. The Morgan fingerprint density at radius 2 is 1.73 bits per heavy atom. The fourth-order valence-corrected chi connectivity index (χ4v) is 3.85. The van der Waals surface area contributed by atoms with Gasteiger partial charge in [-0.2, -0.15) is 0 Å². The fraction of sp³-hybridized carbons (Fsp3) is 0.174. The maximum absolute atomic E-state index is 13.1. The highest BCUT2D eigenvalue weighted by Gasteiger charge is 2.24. The highest BCUT2D eigenvalue weighted by molar-refractivity contribution is 7.81. The Balaban J connectivity index is 2.00. The number of rotatable bonds is 7. The van der Waals surface area contributed by atoms with Gasteiger partial charge in [0, 0.05) is 0 Å². The van der Waals surface area contributed by atoms with Crippen LogP contribution in [0.2, 0.25) is 0 Å². The molecule has 7 heteroatoms. The summed E-state index contributed by atoms with van der Waals surface area (Å²) in [4.78, 5) is 13.1. The summed E-state index contributed by atoms with van der Waals surface area (Å²) in [6.07, 6.45) is 0.664. The van der Waals surface area contributed by atoms with E-state index in [4.69, 9.17) is 0 Å². The van der Waals surface area contributed by atoms with Crippen molar-refractivity contribution in [2.45, 2.75) is 26.3 Å². The number of amides is 1. The van der Waals surface area contributed by atoms with Crippen LogP contribution in [0.5, 0.6) is 5.75 Å². The van der Waals surface area contributed by atoms with E-state index in [0.29, 0.717) is 12.1 Å². The molecule has 0 spiro atoms. The third-order valence-electron chi connectivity index (χ3n) is 4.78. The number of carbonyl (C=O) groups is 1. The van der Waals surface area contributed by atoms with E-state index in [1.807, 2.05) is 56.3 Å². The molecular weight excluding hydrogens is 400 g/mol. The molecule has 30 heavy (non-hydrogen) atoms. The average Bonchev–Trinajstić information content (AvgIpc) is 2.74. The van der Waals surface area contributed by atoms with Crippen molar-refractivity contribution < 1.29 is 18.7 Å². The molecular formula is C23H24N2O4S. The molecule has 0 saturated heterocycles. The number of carbonyl (C=O) groups excluding carboxylic acids is 1. The molecule has 0 heterocycles. The van der Waals surface area contributed by atoms with Crippen LogP contribution in [-0.2, 0) is 11.3 Å². The van der Waals surface area contributed by atoms with Crippen LogP contribution in [-0.4, -0.2) is 19.8 Å². The van der Waals surface area contributed by atoms with Gasteiger partial charge in [-0.15, -0.1) is 0 Å². The number of benzene rings is 3. The molecule has 6 nitrogen and oxygen atoms in total. The van der Waals surface area contributed by atoms with E-state index in [-0.39, 0.29) is 23.0 Å². The minimum Gasteiger partial charge on any atom is -0.508 e. The zero-order valence-electron chi connectivity index (χ0n) is 16.8. The van der Waals surface area contributed by atoms with Crippen LogP contribution in [0.25, 0.3) is 0 Å². The molecule has 0 saturated carbocycles. The van der Waals surface area contributed by atoms with Crippen LogP contribution in [0.15, 0.2) is 72.8 Å². The van der Waals surface area contributed by atoms with Gasteiger partial charge in [0.2, 0.25) is 0 Å². The average molecular weight is 425 g/mol. The minimum absolute atomic E-state index is 0.104. The SMILES string of the molecule is CCC(NC(=O)c1cc(O)ccc1N(c1ccc(C)cc1)S(=O)O)c1ccccc1. The van der Waals surface area contributed by atoms with Crippen LogP contribution >= 0.6 is 0 Å². The molecule has 3 aromatic carbocycles. The normalized spacial score (nSPS) is 12.8. The Labute approximate surface area is 178 Å². The molecule has 0 aliphatic carbocycles. The van der Waals surface area contributed by atoms with Gasteiger partial charge in [0.15, 0.2) is 0 Å². The number of nitrogens with one attached hydrogen (secondary N) is 1. The van der Waals surface area contributed by atoms with Crippen LogP contribution < -0.4 is 9.62 Å². The van der Waals surface area contributed by atoms with Gasteiger partial charge in [-0.1, -0.05) is 55.0 Å². The van der Waals surface area contributed by atoms with Crippen LogP contribution in [0.4, 0.5) is 11.4 Å². The van der Waals surface area contributed by atoms with E-state index in [0.717, 1.165) is 15.4 Å². The molecule has 0 bridgehead atoms. The minimum atomic E-state index is -2.42. The Bertz CT molecular complexity index is 1040. The molecule has 0 radical (unpaired) electrons. The molecule has 0 aliphatic heterocycles. The molecule has 2 unspecified atom stereocenters. The van der Waals surface area contributed by atoms with Gasteiger partial charge in [-0.05, 0) is 49.2 Å². The first-order chi connectivity index (χ1) is 14.4. The van der Waals surface area contributed by atoms with Gasteiger partial charge in [-0.3, -0.25) is 9.35 Å². The third kappa shape index (κ3) is 4.87. The number of aromatic hydroxyl groups is 1. The molecule has 0 aliphatic rings. The summed E-state index contributed by atoms with van der Waals surface area (Å²) in [5.74, 6) is -0.552. The lowest BCUT2D eigenvalue weighted by molar-refractivity contribution is 0.0936. The largest absolute Gasteiger partial charge is 0.508 e. The van der Waals surface area contributed by atoms with Crippen molar-refractivity contribution in [3.8, 4) is 5.75 Å². The zero-order valence-corrected chi connectivity index (χ0v) is 17.6. The second-order valence-electron chi connectivity index (χ2n) is 6.91. The van der Waals surface area contributed by atoms with Gasteiger partial charge in [0.05, 0.1) is 23.0 Å². The Hall–Kier alpha value is -3.16. The van der Waals surface area contributed by atoms with Crippen LogP contribution in [0, 0.1) is 6.92 Å². The van der Waals surface area contributed by atoms with Crippen molar-refractivity contribution in [3.63, 3.8) is 0 Å². The van der Waals surface area contributed by atoms with Crippen molar-refractivity contribution in [2.75, 3.05) is 4.31 Å². The number of nitrogens with zero attached hydrogens (tertiary/aromatic N) is 1. The lowest BCUT2D eigenvalue weighted by Gasteiger charge is -2.24.